The molecule has 0 aromatic carbocycles. The van der Waals surface area contributed by atoms with Crippen LogP contribution in [0.4, 0.5) is 11.5 Å². The first-order valence-corrected chi connectivity index (χ1v) is 7.03. The SMILES string of the molecule is CCc1cnc(C(C)Nc2nc(C(=O)O)ccc2N)s1. The summed E-state index contributed by atoms with van der Waals surface area (Å²) in [5.41, 5.74) is 6.18. The number of carboxylic acid groups (broad SMARTS) is 1. The predicted octanol–water partition coefficient (Wildman–Crippen LogP) is 2.55. The Hall–Kier alpha value is -2.15. The molecule has 0 saturated heterocycles. The largest absolute Gasteiger partial charge is 0.477 e. The van der Waals surface area contributed by atoms with E-state index in [0.717, 1.165) is 11.4 Å². The lowest BCUT2D eigenvalue weighted by atomic mass is 10.3. The number of aromatic nitrogens is 2. The lowest BCUT2D eigenvalue weighted by Crippen LogP contribution is -2.12. The predicted molar refractivity (Wildman–Crippen MR) is 79.1 cm³/mol. The molecular formula is C13H16N4O2S. The number of carbonyl (C=O) groups is 1. The van der Waals surface area contributed by atoms with E-state index in [1.54, 1.807) is 11.3 Å². The summed E-state index contributed by atoms with van der Waals surface area (Å²) in [4.78, 5) is 20.5. The van der Waals surface area contributed by atoms with Gasteiger partial charge in [0.05, 0.1) is 11.7 Å². The summed E-state index contributed by atoms with van der Waals surface area (Å²) in [6.45, 7) is 4.01. The molecule has 6 nitrogen and oxygen atoms in total. The highest BCUT2D eigenvalue weighted by Gasteiger charge is 2.14. The third kappa shape index (κ3) is 3.05. The third-order valence-electron chi connectivity index (χ3n) is 2.79. The number of pyridine rings is 1. The lowest BCUT2D eigenvalue weighted by molar-refractivity contribution is 0.0690. The number of thiazole rings is 1. The molecule has 7 heteroatoms. The normalized spacial score (nSPS) is 12.1. The molecule has 0 saturated carbocycles. The molecule has 0 fully saturated rings. The van der Waals surface area contributed by atoms with Crippen LogP contribution in [0.15, 0.2) is 18.3 Å². The first kappa shape index (κ1) is 14.3. The number of nitrogens with one attached hydrogen (secondary N) is 1. The van der Waals surface area contributed by atoms with Crippen LogP contribution in [0.1, 0.15) is 40.3 Å². The number of aryl methyl sites for hydroxylation is 1. The summed E-state index contributed by atoms with van der Waals surface area (Å²) in [6, 6.07) is 2.83. The first-order chi connectivity index (χ1) is 9.51. The van der Waals surface area contributed by atoms with Crippen molar-refractivity contribution < 1.29 is 9.90 Å². The monoisotopic (exact) mass is 292 g/mol. The highest BCUT2D eigenvalue weighted by atomic mass is 32.1. The summed E-state index contributed by atoms with van der Waals surface area (Å²) in [6.07, 6.45) is 2.79. The average molecular weight is 292 g/mol. The zero-order chi connectivity index (χ0) is 14.7. The maximum atomic E-state index is 10.9. The Balaban J connectivity index is 2.20. The minimum atomic E-state index is -1.08. The van der Waals surface area contributed by atoms with Gasteiger partial charge < -0.3 is 16.2 Å². The van der Waals surface area contributed by atoms with Crippen molar-refractivity contribution in [1.82, 2.24) is 9.97 Å². The summed E-state index contributed by atoms with van der Waals surface area (Å²) in [5.74, 6) is -0.714. The zero-order valence-electron chi connectivity index (χ0n) is 11.3. The van der Waals surface area contributed by atoms with Crippen LogP contribution in [-0.4, -0.2) is 21.0 Å². The number of hydrogen-bond acceptors (Lipinski definition) is 6. The van der Waals surface area contributed by atoms with Crippen molar-refractivity contribution in [3.05, 3.63) is 33.9 Å². The van der Waals surface area contributed by atoms with Gasteiger partial charge in [-0.15, -0.1) is 11.3 Å². The van der Waals surface area contributed by atoms with Gasteiger partial charge in [0.2, 0.25) is 0 Å². The van der Waals surface area contributed by atoms with Crippen molar-refractivity contribution in [3.63, 3.8) is 0 Å². The van der Waals surface area contributed by atoms with Crippen molar-refractivity contribution in [3.8, 4) is 0 Å². The molecule has 2 rings (SSSR count). The number of aromatic carboxylic acids is 1. The molecule has 1 atom stereocenters. The molecule has 20 heavy (non-hydrogen) atoms. The molecule has 0 aliphatic heterocycles. The number of rotatable bonds is 5. The maximum absolute atomic E-state index is 10.9. The first-order valence-electron chi connectivity index (χ1n) is 6.22. The molecule has 0 bridgehead atoms. The fourth-order valence-electron chi connectivity index (χ4n) is 1.66. The van der Waals surface area contributed by atoms with Crippen molar-refractivity contribution in [2.45, 2.75) is 26.3 Å². The fraction of sp³-hybridized carbons (Fsp3) is 0.308. The van der Waals surface area contributed by atoms with Gasteiger partial charge in [0, 0.05) is 11.1 Å². The Morgan fingerprint density at radius 3 is 2.90 bits per heavy atom. The summed E-state index contributed by atoms with van der Waals surface area (Å²) in [7, 11) is 0. The quantitative estimate of drug-likeness (QED) is 0.783. The van der Waals surface area contributed by atoms with Crippen molar-refractivity contribution in [1.29, 1.82) is 0 Å². The van der Waals surface area contributed by atoms with Crippen LogP contribution < -0.4 is 11.1 Å². The number of hydrogen-bond donors (Lipinski definition) is 3. The fourth-order valence-corrected chi connectivity index (χ4v) is 2.52. The molecule has 0 amide bonds. The van der Waals surface area contributed by atoms with Gasteiger partial charge in [-0.25, -0.2) is 14.8 Å². The van der Waals surface area contributed by atoms with E-state index in [2.05, 4.69) is 22.2 Å². The molecule has 106 valence electrons. The van der Waals surface area contributed by atoms with Crippen LogP contribution in [0.5, 0.6) is 0 Å². The summed E-state index contributed by atoms with van der Waals surface area (Å²) >= 11 is 1.62. The summed E-state index contributed by atoms with van der Waals surface area (Å²) in [5, 5.41) is 13.0. The Morgan fingerprint density at radius 2 is 2.30 bits per heavy atom. The van der Waals surface area contributed by atoms with Crippen LogP contribution in [0.25, 0.3) is 0 Å². The lowest BCUT2D eigenvalue weighted by Gasteiger charge is -2.14. The molecular weight excluding hydrogens is 276 g/mol. The topological polar surface area (TPSA) is 101 Å². The van der Waals surface area contributed by atoms with Crippen LogP contribution in [0, 0.1) is 0 Å². The summed E-state index contributed by atoms with van der Waals surface area (Å²) < 4.78 is 0. The highest BCUT2D eigenvalue weighted by Crippen LogP contribution is 2.25. The molecule has 2 heterocycles. The Bertz CT molecular complexity index is 627. The smallest absolute Gasteiger partial charge is 0.354 e. The second-order valence-corrected chi connectivity index (χ2v) is 5.47. The minimum absolute atomic E-state index is 0.0396. The Morgan fingerprint density at radius 1 is 1.55 bits per heavy atom. The van der Waals surface area contributed by atoms with Gasteiger partial charge in [0.25, 0.3) is 0 Å². The number of nitrogen functional groups attached to an aromatic ring is 1. The van der Waals surface area contributed by atoms with Crippen LogP contribution in [0.3, 0.4) is 0 Å². The average Bonchev–Trinajstić information content (AvgIpc) is 2.89. The van der Waals surface area contributed by atoms with Crippen molar-refractivity contribution >= 4 is 28.8 Å². The van der Waals surface area contributed by atoms with Gasteiger partial charge in [-0.05, 0) is 25.5 Å². The van der Waals surface area contributed by atoms with E-state index in [-0.39, 0.29) is 11.7 Å². The van der Waals surface area contributed by atoms with Gasteiger partial charge in [0.1, 0.15) is 5.01 Å². The van der Waals surface area contributed by atoms with E-state index in [1.165, 1.54) is 17.0 Å². The number of nitrogens with two attached hydrogens (primary N) is 1. The minimum Gasteiger partial charge on any atom is -0.477 e. The molecule has 2 aromatic rings. The van der Waals surface area contributed by atoms with E-state index in [0.29, 0.717) is 11.5 Å². The van der Waals surface area contributed by atoms with Crippen LogP contribution in [-0.2, 0) is 6.42 Å². The Kier molecular flexibility index (Phi) is 4.19. The second-order valence-electron chi connectivity index (χ2n) is 4.32. The number of carboxylic acids is 1. The molecule has 4 N–H and O–H groups in total. The van der Waals surface area contributed by atoms with Gasteiger partial charge in [-0.1, -0.05) is 6.92 Å². The van der Waals surface area contributed by atoms with E-state index in [9.17, 15) is 4.79 Å². The number of nitrogens with zero attached hydrogens (tertiary/aromatic N) is 2. The Labute approximate surface area is 120 Å². The van der Waals surface area contributed by atoms with Gasteiger partial charge in [-0.2, -0.15) is 0 Å². The molecule has 0 aliphatic rings. The molecule has 2 aromatic heterocycles. The van der Waals surface area contributed by atoms with Gasteiger partial charge >= 0.3 is 5.97 Å². The third-order valence-corrected chi connectivity index (χ3v) is 4.11. The van der Waals surface area contributed by atoms with Crippen LogP contribution in [0.2, 0.25) is 0 Å². The molecule has 0 spiro atoms. The molecule has 0 radical (unpaired) electrons. The van der Waals surface area contributed by atoms with E-state index >= 15 is 0 Å². The van der Waals surface area contributed by atoms with E-state index in [4.69, 9.17) is 10.8 Å². The van der Waals surface area contributed by atoms with Gasteiger partial charge in [0.15, 0.2) is 11.5 Å². The highest BCUT2D eigenvalue weighted by molar-refractivity contribution is 7.11. The van der Waals surface area contributed by atoms with E-state index < -0.39 is 5.97 Å². The zero-order valence-corrected chi connectivity index (χ0v) is 12.1. The standard InChI is InChI=1S/C13H16N4O2S/c1-3-8-6-15-12(20-8)7(2)16-11-9(14)4-5-10(17-11)13(18)19/h4-7H,3,14H2,1-2H3,(H,16,17)(H,18,19). The number of anilines is 2. The van der Waals surface area contributed by atoms with Crippen molar-refractivity contribution in [2.24, 2.45) is 0 Å². The molecule has 0 aliphatic carbocycles. The second kappa shape index (κ2) is 5.87. The van der Waals surface area contributed by atoms with Crippen LogP contribution >= 0.6 is 11.3 Å². The van der Waals surface area contributed by atoms with Gasteiger partial charge in [-0.3, -0.25) is 0 Å². The maximum Gasteiger partial charge on any atom is 0.354 e. The van der Waals surface area contributed by atoms with E-state index in [1.807, 2.05) is 13.1 Å². The van der Waals surface area contributed by atoms with Crippen molar-refractivity contribution in [2.75, 3.05) is 11.1 Å². The molecule has 1 unspecified atom stereocenters.